The number of benzene rings is 3. The number of halogens is 2. The zero-order valence-corrected chi connectivity index (χ0v) is 42.6. The maximum atomic E-state index is 17.1. The molecule has 4 aliphatic heterocycles. The van der Waals surface area contributed by atoms with Crippen LogP contribution in [-0.4, -0.2) is 148 Å². The molecule has 6 aliphatic rings. The van der Waals surface area contributed by atoms with Gasteiger partial charge in [-0.1, -0.05) is 18.1 Å². The number of hydrogen-bond donors (Lipinski definition) is 3. The summed E-state index contributed by atoms with van der Waals surface area (Å²) in [6, 6.07) is 10.3. The summed E-state index contributed by atoms with van der Waals surface area (Å²) in [7, 11) is 0. The smallest absolute Gasteiger partial charge is 0.328 e. The number of aryl methyl sites for hydroxylation is 1. The SMILES string of the molecule is C#Cc1c(F)ccc2cc(O)cc(-c3ncc4c(N5CCC[C@@](C)(O)C5)nc(OCC5(CN6CCN(CC7CCC8(CCN(C(=O)c9ccc(C)c(N%10CCC(=O)NC%10=O)c9)CC8)C(=O)C7)CC6)CC5)nc4c3F)c12. The second-order valence-electron chi connectivity index (χ2n) is 22.4. The van der Waals surface area contributed by atoms with Crippen molar-refractivity contribution in [2.24, 2.45) is 16.7 Å². The van der Waals surface area contributed by atoms with Gasteiger partial charge in [-0.3, -0.25) is 29.6 Å². The summed E-state index contributed by atoms with van der Waals surface area (Å²) in [6.45, 7) is 11.3. The molecule has 16 nitrogen and oxygen atoms in total. The van der Waals surface area contributed by atoms with Gasteiger partial charge in [0.05, 0.1) is 23.2 Å². The van der Waals surface area contributed by atoms with E-state index in [9.17, 15) is 29.4 Å². The van der Waals surface area contributed by atoms with Crippen molar-refractivity contribution < 1.29 is 42.9 Å². The number of phenolic OH excluding ortho intramolecular Hbond substituents is 1. The molecule has 3 aromatic carbocycles. The highest BCUT2D eigenvalue weighted by Crippen LogP contribution is 2.48. The Kier molecular flexibility index (Phi) is 13.2. The lowest BCUT2D eigenvalue weighted by atomic mass is 9.64. The van der Waals surface area contributed by atoms with Gasteiger partial charge in [-0.15, -0.1) is 6.42 Å². The number of nitrogens with one attached hydrogen (secondary N) is 1. The van der Waals surface area contributed by atoms with Crippen LogP contribution in [0, 0.1) is 47.6 Å². The summed E-state index contributed by atoms with van der Waals surface area (Å²) < 4.78 is 38.6. The van der Waals surface area contributed by atoms with Crippen LogP contribution in [0.1, 0.15) is 92.6 Å². The number of urea groups is 1. The molecule has 6 fully saturated rings. The van der Waals surface area contributed by atoms with E-state index in [4.69, 9.17) is 16.1 Å². The molecule has 2 aromatic heterocycles. The summed E-state index contributed by atoms with van der Waals surface area (Å²) in [5.41, 5.74) is 0.208. The first kappa shape index (κ1) is 50.4. The number of β-amino-alcohol motifs (C(OH)–C–C–N with tert-alkyl or cyclic N) is 1. The molecular formula is C57H63F2N9O7. The molecule has 4 amide bonds. The predicted octanol–water partition coefficient (Wildman–Crippen LogP) is 6.98. The van der Waals surface area contributed by atoms with Crippen LogP contribution < -0.4 is 19.9 Å². The molecule has 0 radical (unpaired) electrons. The Morgan fingerprint density at radius 2 is 1.71 bits per heavy atom. The van der Waals surface area contributed by atoms with E-state index >= 15 is 8.78 Å². The first-order chi connectivity index (χ1) is 36.0. The van der Waals surface area contributed by atoms with E-state index in [1.807, 2.05) is 22.8 Å². The van der Waals surface area contributed by atoms with Gasteiger partial charge >= 0.3 is 12.0 Å². The van der Waals surface area contributed by atoms with Crippen molar-refractivity contribution in [3.8, 4) is 35.4 Å². The van der Waals surface area contributed by atoms with Crippen molar-refractivity contribution in [1.82, 2.24) is 35.0 Å². The number of rotatable bonds is 11. The number of ether oxygens (including phenoxy) is 1. The number of ketones is 1. The summed E-state index contributed by atoms with van der Waals surface area (Å²) in [4.78, 5) is 76.2. The van der Waals surface area contributed by atoms with Crippen LogP contribution in [0.5, 0.6) is 11.8 Å². The third-order valence-electron chi connectivity index (χ3n) is 17.0. The number of phenols is 1. The lowest BCUT2D eigenvalue weighted by Gasteiger charge is -2.45. The van der Waals surface area contributed by atoms with E-state index in [0.29, 0.717) is 92.0 Å². The van der Waals surface area contributed by atoms with E-state index in [1.54, 1.807) is 19.1 Å². The number of fused-ring (bicyclic) bond motifs is 2. The Morgan fingerprint density at radius 3 is 2.43 bits per heavy atom. The number of piperazine rings is 1. The second-order valence-corrected chi connectivity index (χ2v) is 22.4. The number of Topliss-reactive ketones (excluding diaryl/α,β-unsaturated/α-hetero) is 1. The van der Waals surface area contributed by atoms with Crippen LogP contribution in [0.2, 0.25) is 0 Å². The van der Waals surface area contributed by atoms with Crippen molar-refractivity contribution in [3.63, 3.8) is 0 Å². The number of aliphatic hydroxyl groups is 1. The third-order valence-corrected chi connectivity index (χ3v) is 17.0. The van der Waals surface area contributed by atoms with Crippen LogP contribution in [0.3, 0.4) is 0 Å². The molecule has 1 unspecified atom stereocenters. The van der Waals surface area contributed by atoms with Gasteiger partial charge in [0.15, 0.2) is 5.82 Å². The average molecular weight is 1020 g/mol. The van der Waals surface area contributed by atoms with Crippen molar-refractivity contribution in [2.75, 3.05) is 88.4 Å². The molecule has 2 saturated carbocycles. The first-order valence-corrected chi connectivity index (χ1v) is 26.4. The molecule has 4 saturated heterocycles. The fourth-order valence-corrected chi connectivity index (χ4v) is 12.4. The third kappa shape index (κ3) is 9.98. The van der Waals surface area contributed by atoms with E-state index in [0.717, 1.165) is 70.5 Å². The van der Waals surface area contributed by atoms with Crippen LogP contribution >= 0.6 is 0 Å². The number of anilines is 2. The topological polar surface area (TPSA) is 185 Å². The number of piperidine rings is 2. The van der Waals surface area contributed by atoms with Gasteiger partial charge in [0.25, 0.3) is 5.91 Å². The molecule has 392 valence electrons. The molecular weight excluding hydrogens is 961 g/mol. The van der Waals surface area contributed by atoms with Crippen LogP contribution in [-0.2, 0) is 9.59 Å². The van der Waals surface area contributed by atoms with Crippen molar-refractivity contribution in [1.29, 1.82) is 0 Å². The molecule has 0 bridgehead atoms. The molecule has 2 aliphatic carbocycles. The van der Waals surface area contributed by atoms with Crippen LogP contribution in [0.25, 0.3) is 32.9 Å². The molecule has 2 atom stereocenters. The molecule has 6 heterocycles. The van der Waals surface area contributed by atoms with Gasteiger partial charge in [0.1, 0.15) is 34.4 Å². The molecule has 1 spiro atoms. The first-order valence-electron chi connectivity index (χ1n) is 26.4. The Hall–Kier alpha value is -6.81. The minimum atomic E-state index is -1.00. The lowest BCUT2D eigenvalue weighted by molar-refractivity contribution is -0.136. The predicted molar refractivity (Wildman–Crippen MR) is 279 cm³/mol. The monoisotopic (exact) mass is 1020 g/mol. The quantitative estimate of drug-likeness (QED) is 0.115. The van der Waals surface area contributed by atoms with E-state index in [2.05, 4.69) is 31.0 Å². The standard InChI is InChI=1S/C57H63F2N9O7/c1-4-40-43(58)9-8-37-27-39(69)29-41(47(37)40)49-48(59)50-42(30-60-49)51(67-18-5-12-55(3,74)32-67)63-53(62-50)75-34-56(14-15-56)33-65-24-22-64(23-25-65)31-36-10-13-57(45(70)26-36)16-20-66(21-17-57)52(72)38-7-6-35(2)44(28-38)68-19-11-46(71)61-54(68)73/h1,6-9,27-30,36,69,74H,5,10-26,31-34H2,2-3H3,(H,61,71,73)/t36?,55-/m1/s1. The highest BCUT2D eigenvalue weighted by atomic mass is 19.1. The maximum Gasteiger partial charge on any atom is 0.328 e. The Morgan fingerprint density at radius 1 is 0.933 bits per heavy atom. The number of imide groups is 1. The van der Waals surface area contributed by atoms with Gasteiger partial charge < -0.3 is 34.5 Å². The zero-order valence-electron chi connectivity index (χ0n) is 42.6. The number of amides is 4. The van der Waals surface area contributed by atoms with Crippen LogP contribution in [0.15, 0.2) is 48.7 Å². The molecule has 18 heteroatoms. The van der Waals surface area contributed by atoms with E-state index in [-0.39, 0.29) is 82.1 Å². The number of terminal acetylenes is 1. The number of pyridine rings is 1. The number of aromatic hydroxyl groups is 1. The highest BCUT2D eigenvalue weighted by molar-refractivity contribution is 6.07. The lowest BCUT2D eigenvalue weighted by Crippen LogP contribution is -2.52. The normalized spacial score (nSPS) is 23.2. The van der Waals surface area contributed by atoms with Crippen LogP contribution in [0.4, 0.5) is 25.1 Å². The Bertz CT molecular complexity index is 3180. The number of aromatic nitrogens is 3. The second kappa shape index (κ2) is 19.7. The van der Waals surface area contributed by atoms with Gasteiger partial charge in [0.2, 0.25) is 5.91 Å². The minimum absolute atomic E-state index is 0.00303. The van der Waals surface area contributed by atoms with Crippen molar-refractivity contribution >= 4 is 56.8 Å². The van der Waals surface area contributed by atoms with Crippen molar-refractivity contribution in [2.45, 2.75) is 83.7 Å². The Labute approximate surface area is 434 Å². The number of carbonyl (C=O) groups is 4. The van der Waals surface area contributed by atoms with E-state index in [1.165, 1.54) is 35.4 Å². The zero-order chi connectivity index (χ0) is 52.4. The van der Waals surface area contributed by atoms with Crippen molar-refractivity contribution in [3.05, 3.63) is 77.0 Å². The summed E-state index contributed by atoms with van der Waals surface area (Å²) in [6.07, 6.45) is 14.2. The maximum absolute atomic E-state index is 17.1. The Balaban J connectivity index is 0.705. The summed E-state index contributed by atoms with van der Waals surface area (Å²) in [5, 5.41) is 25.1. The summed E-state index contributed by atoms with van der Waals surface area (Å²) >= 11 is 0. The van der Waals surface area contributed by atoms with Gasteiger partial charge in [-0.25, -0.2) is 13.6 Å². The number of likely N-dealkylation sites (tertiary alicyclic amines) is 1. The molecule has 75 heavy (non-hydrogen) atoms. The van der Waals surface area contributed by atoms with Gasteiger partial charge in [-0.2, -0.15) is 9.97 Å². The van der Waals surface area contributed by atoms with Gasteiger partial charge in [0, 0.05) is 124 Å². The number of carbonyl (C=O) groups excluding carboxylic acids is 4. The molecule has 5 aromatic rings. The minimum Gasteiger partial charge on any atom is -0.508 e. The van der Waals surface area contributed by atoms with E-state index < -0.39 is 28.7 Å². The fourth-order valence-electron chi connectivity index (χ4n) is 12.4. The molecule has 11 rings (SSSR count). The fraction of sp³-hybridized carbons (Fsp3) is 0.491. The molecule has 3 N–H and O–H groups in total. The highest BCUT2D eigenvalue weighted by Gasteiger charge is 2.47. The number of nitrogens with zero attached hydrogens (tertiary/aromatic N) is 8. The summed E-state index contributed by atoms with van der Waals surface area (Å²) in [5.74, 6) is 1.30. The number of hydrogen-bond acceptors (Lipinski definition) is 13. The van der Waals surface area contributed by atoms with Gasteiger partial charge in [-0.05, 0) is 112 Å². The largest absolute Gasteiger partial charge is 0.508 e. The average Bonchev–Trinajstić information content (AvgIpc) is 4.16.